The second kappa shape index (κ2) is 4.07. The highest BCUT2D eigenvalue weighted by Crippen LogP contribution is 1.66. The molecule has 0 aliphatic heterocycles. The molecule has 0 saturated carbocycles. The van der Waals surface area contributed by atoms with Crippen molar-refractivity contribution in [3.05, 3.63) is 5.21 Å². The molecule has 0 aliphatic carbocycles. The highest BCUT2D eigenvalue weighted by Gasteiger charge is 2.12. The first-order valence-corrected chi connectivity index (χ1v) is 2.60. The number of nitrogens with one attached hydrogen (secondary N) is 1. The molecule has 6 nitrogen and oxygen atoms in total. The summed E-state index contributed by atoms with van der Waals surface area (Å²) in [6.07, 6.45) is -1.97. The molecule has 10 heavy (non-hydrogen) atoms. The zero-order chi connectivity index (χ0) is 8.15. The molecule has 0 aromatic rings. The summed E-state index contributed by atoms with van der Waals surface area (Å²) >= 11 is 0. The molecule has 0 aromatic heterocycles. The first-order valence-electron chi connectivity index (χ1n) is 2.60. The maximum Gasteiger partial charge on any atom is 0.238 e. The minimum atomic E-state index is -0.986. The van der Waals surface area contributed by atoms with E-state index >= 15 is 0 Å². The molecule has 0 spiro atoms. The van der Waals surface area contributed by atoms with Gasteiger partial charge in [-0.15, -0.1) is 0 Å². The molecule has 0 saturated heterocycles. The van der Waals surface area contributed by atoms with Crippen LogP contribution in [0.15, 0.2) is 9.98 Å². The molecule has 2 atom stereocenters. The largest absolute Gasteiger partial charge is 0.629 e. The van der Waals surface area contributed by atoms with Crippen LogP contribution in [0.25, 0.3) is 0 Å². The Bertz CT molecular complexity index is 113. The average Bonchev–Trinajstić information content (AvgIpc) is 2.00. The van der Waals surface area contributed by atoms with Crippen LogP contribution in [0, 0.1) is 5.21 Å². The predicted molar refractivity (Wildman–Crippen MR) is 39.4 cm³/mol. The molecular weight excluding hydrogens is 134 g/mol. The predicted octanol–water partition coefficient (Wildman–Crippen LogP) is -2.75. The van der Waals surface area contributed by atoms with E-state index in [2.05, 4.69) is 23.4 Å². The van der Waals surface area contributed by atoms with Crippen LogP contribution in [0.4, 0.5) is 0 Å². The number of aliphatic imine (C=N–C) groups is 2. The monoisotopic (exact) mass is 145 g/mol. The Labute approximate surface area is 58.8 Å². The average molecular weight is 145 g/mol. The summed E-state index contributed by atoms with van der Waals surface area (Å²) in [4.78, 5) is 6.54. The number of hydroxylamine groups is 2. The molecule has 0 bridgehead atoms. The summed E-state index contributed by atoms with van der Waals surface area (Å²) in [5, 5.41) is 10.3. The van der Waals surface area contributed by atoms with Gasteiger partial charge >= 0.3 is 0 Å². The van der Waals surface area contributed by atoms with E-state index in [1.54, 1.807) is 0 Å². The van der Waals surface area contributed by atoms with Crippen molar-refractivity contribution in [1.29, 1.82) is 0 Å². The molecule has 2 unspecified atom stereocenters. The maximum atomic E-state index is 10.8. The van der Waals surface area contributed by atoms with Gasteiger partial charge in [-0.1, -0.05) is 0 Å². The fourth-order valence-electron chi connectivity index (χ4n) is 0.355. The summed E-state index contributed by atoms with van der Waals surface area (Å²) in [5.74, 6) is 0. The minimum Gasteiger partial charge on any atom is -0.629 e. The Hall–Kier alpha value is -0.820. The maximum absolute atomic E-state index is 10.8. The lowest BCUT2D eigenvalue weighted by molar-refractivity contribution is -0.899. The Morgan fingerprint density at radius 3 is 1.70 bits per heavy atom. The highest BCUT2D eigenvalue weighted by molar-refractivity contribution is 5.23. The van der Waals surface area contributed by atoms with Gasteiger partial charge in [0, 0.05) is 0 Å². The lowest BCUT2D eigenvalue weighted by Gasteiger charge is -2.27. The Morgan fingerprint density at radius 1 is 1.20 bits per heavy atom. The van der Waals surface area contributed by atoms with Gasteiger partial charge in [0.2, 0.25) is 12.6 Å². The summed E-state index contributed by atoms with van der Waals surface area (Å²) < 4.78 is 0. The smallest absolute Gasteiger partial charge is 0.238 e. The van der Waals surface area contributed by atoms with Crippen LogP contribution >= 0.6 is 0 Å². The fraction of sp³-hybridized carbons (Fsp3) is 0.500. The molecule has 0 aromatic carbocycles. The van der Waals surface area contributed by atoms with E-state index < -0.39 is 17.6 Å². The lowest BCUT2D eigenvalue weighted by atomic mass is 10.7. The first-order chi connectivity index (χ1) is 4.63. The van der Waals surface area contributed by atoms with Crippen molar-refractivity contribution in [2.45, 2.75) is 12.6 Å². The van der Waals surface area contributed by atoms with Gasteiger partial charge < -0.3 is 10.3 Å². The minimum absolute atomic E-state index is 0.481. The molecule has 0 rings (SSSR count). The Morgan fingerprint density at radius 2 is 1.50 bits per heavy atom. The van der Waals surface area contributed by atoms with E-state index in [4.69, 9.17) is 11.5 Å². The van der Waals surface area contributed by atoms with Crippen molar-refractivity contribution in [2.24, 2.45) is 21.5 Å². The molecule has 0 radical (unpaired) electrons. The van der Waals surface area contributed by atoms with Gasteiger partial charge in [0.1, 0.15) is 0 Å². The van der Waals surface area contributed by atoms with Crippen LogP contribution < -0.4 is 16.5 Å². The van der Waals surface area contributed by atoms with E-state index in [1.165, 1.54) is 0 Å². The molecule has 0 fully saturated rings. The quantitative estimate of drug-likeness (QED) is 0.227. The van der Waals surface area contributed by atoms with Crippen LogP contribution in [-0.2, 0) is 0 Å². The van der Waals surface area contributed by atoms with Gasteiger partial charge in [-0.05, 0) is 13.4 Å². The summed E-state index contributed by atoms with van der Waals surface area (Å²) in [6.45, 7) is 6.17. The lowest BCUT2D eigenvalue weighted by Crippen LogP contribution is -3.17. The van der Waals surface area contributed by atoms with Crippen molar-refractivity contribution in [1.82, 2.24) is 0 Å². The number of hydrogen-bond donors (Lipinski definition) is 3. The summed E-state index contributed by atoms with van der Waals surface area (Å²) in [5.41, 5.74) is 10.3. The molecule has 6 heteroatoms. The van der Waals surface area contributed by atoms with Crippen LogP contribution in [-0.4, -0.2) is 26.0 Å². The van der Waals surface area contributed by atoms with Crippen LogP contribution in [0.2, 0.25) is 0 Å². The van der Waals surface area contributed by atoms with Gasteiger partial charge in [-0.25, -0.2) is 9.98 Å². The molecule has 0 heterocycles. The highest BCUT2D eigenvalue weighted by atomic mass is 16.5. The molecule has 5 N–H and O–H groups in total. The number of rotatable bonds is 4. The van der Waals surface area contributed by atoms with E-state index in [1.807, 2.05) is 0 Å². The summed E-state index contributed by atoms with van der Waals surface area (Å²) in [7, 11) is 0. The van der Waals surface area contributed by atoms with Crippen LogP contribution in [0.5, 0.6) is 0 Å². The van der Waals surface area contributed by atoms with E-state index in [0.717, 1.165) is 0 Å². The number of nitrogens with two attached hydrogens (primary N) is 2. The molecule has 0 amide bonds. The molecular formula is C4H11N5O. The SMILES string of the molecule is C=NC(N)[NH+]([O-])C(N)N=C. The van der Waals surface area contributed by atoms with Gasteiger partial charge in [-0.3, -0.25) is 11.5 Å². The second-order valence-electron chi connectivity index (χ2n) is 1.66. The van der Waals surface area contributed by atoms with Crippen LogP contribution in [0.1, 0.15) is 0 Å². The van der Waals surface area contributed by atoms with Crippen molar-refractivity contribution in [2.75, 3.05) is 0 Å². The van der Waals surface area contributed by atoms with E-state index in [9.17, 15) is 5.21 Å². The van der Waals surface area contributed by atoms with Crippen molar-refractivity contribution in [3.8, 4) is 0 Å². The Kier molecular flexibility index (Phi) is 3.74. The van der Waals surface area contributed by atoms with E-state index in [-0.39, 0.29) is 0 Å². The van der Waals surface area contributed by atoms with Crippen LogP contribution in [0.3, 0.4) is 0 Å². The molecule has 58 valence electrons. The van der Waals surface area contributed by atoms with Crippen molar-refractivity contribution < 1.29 is 5.06 Å². The van der Waals surface area contributed by atoms with Gasteiger partial charge in [0.05, 0.1) is 0 Å². The standard InChI is InChI=1S/C4H11N5O/c1-7-3(5)9(10)4(6)8-2/h3-4,9H,1-2,5-6H2. The second-order valence-corrected chi connectivity index (χ2v) is 1.66. The van der Waals surface area contributed by atoms with Gasteiger partial charge in [0.25, 0.3) is 0 Å². The van der Waals surface area contributed by atoms with Crippen molar-refractivity contribution >= 4 is 13.4 Å². The zero-order valence-corrected chi connectivity index (χ0v) is 5.53. The van der Waals surface area contributed by atoms with E-state index in [0.29, 0.717) is 0 Å². The number of hydrogen-bond acceptors (Lipinski definition) is 5. The third kappa shape index (κ3) is 2.19. The number of nitrogens with zero attached hydrogens (tertiary/aromatic N) is 2. The first kappa shape index (κ1) is 9.18. The van der Waals surface area contributed by atoms with Crippen molar-refractivity contribution in [3.63, 3.8) is 0 Å². The third-order valence-electron chi connectivity index (χ3n) is 0.976. The topological polar surface area (TPSA) is 104 Å². The summed E-state index contributed by atoms with van der Waals surface area (Å²) in [6, 6.07) is 0. The van der Waals surface area contributed by atoms with Gasteiger partial charge in [-0.2, -0.15) is 0 Å². The van der Waals surface area contributed by atoms with Gasteiger partial charge in [0.15, 0.2) is 0 Å². The number of quaternary nitrogens is 1. The molecule has 0 aliphatic rings. The third-order valence-corrected chi connectivity index (χ3v) is 0.976. The Balaban J connectivity index is 3.91. The zero-order valence-electron chi connectivity index (χ0n) is 5.53. The fourth-order valence-corrected chi connectivity index (χ4v) is 0.355. The normalized spacial score (nSPS) is 19.1.